The second kappa shape index (κ2) is 9.69. The van der Waals surface area contributed by atoms with E-state index in [0.717, 1.165) is 17.1 Å². The molecule has 2 heteroatoms. The Morgan fingerprint density at radius 1 is 0.391 bits per heavy atom. The third kappa shape index (κ3) is 3.53. The zero-order valence-electron chi connectivity index (χ0n) is 25.1. The smallest absolute Gasteiger partial charge is 0.0620 e. The molecule has 10 rings (SSSR count). The van der Waals surface area contributed by atoms with Crippen LogP contribution in [0.15, 0.2) is 170 Å². The van der Waals surface area contributed by atoms with E-state index in [9.17, 15) is 0 Å². The Kier molecular flexibility index (Phi) is 5.31. The predicted molar refractivity (Wildman–Crippen MR) is 195 cm³/mol. The van der Waals surface area contributed by atoms with E-state index in [4.69, 9.17) is 0 Å². The lowest BCUT2D eigenvalue weighted by Crippen LogP contribution is -2.09. The van der Waals surface area contributed by atoms with Crippen molar-refractivity contribution in [2.45, 2.75) is 0 Å². The van der Waals surface area contributed by atoms with E-state index in [2.05, 4.69) is 179 Å². The number of aromatic nitrogens is 1. The summed E-state index contributed by atoms with van der Waals surface area (Å²) in [5.74, 6) is 0. The molecule has 2 nitrogen and oxygen atoms in total. The van der Waals surface area contributed by atoms with Crippen molar-refractivity contribution in [2.24, 2.45) is 0 Å². The number of hydrogen-bond donors (Lipinski definition) is 0. The molecule has 1 aliphatic carbocycles. The van der Waals surface area contributed by atoms with E-state index in [1.165, 1.54) is 71.3 Å². The largest absolute Gasteiger partial charge is 0.310 e. The molecular formula is C44H28N2. The number of para-hydroxylation sites is 3. The summed E-state index contributed by atoms with van der Waals surface area (Å²) in [4.78, 5) is 2.35. The fourth-order valence-corrected chi connectivity index (χ4v) is 7.76. The van der Waals surface area contributed by atoms with E-state index < -0.39 is 0 Å². The summed E-state index contributed by atoms with van der Waals surface area (Å²) in [6.07, 6.45) is 0. The van der Waals surface area contributed by atoms with Gasteiger partial charge in [-0.2, -0.15) is 0 Å². The Bertz CT molecular complexity index is 2580. The minimum atomic E-state index is 1.13. The predicted octanol–water partition coefficient (Wildman–Crippen LogP) is 12.2. The van der Waals surface area contributed by atoms with Crippen LogP contribution in [-0.4, -0.2) is 4.57 Å². The molecular weight excluding hydrogens is 556 g/mol. The van der Waals surface area contributed by atoms with Crippen molar-refractivity contribution in [3.63, 3.8) is 0 Å². The van der Waals surface area contributed by atoms with Crippen LogP contribution in [0.1, 0.15) is 0 Å². The first-order valence-electron chi connectivity index (χ1n) is 15.9. The second-order valence-electron chi connectivity index (χ2n) is 12.1. The molecule has 0 radical (unpaired) electrons. The van der Waals surface area contributed by atoms with Gasteiger partial charge in [-0.05, 0) is 99.1 Å². The Labute approximate surface area is 267 Å². The Hall–Kier alpha value is -6.12. The SMILES string of the molecule is c1ccc(N(c2ccccc2)c2ccc3c(c2)c2cc4c5c(cccc5c2n3-c2ccccc2)-c2ccc3ccccc3c2-4)cc1. The third-order valence-corrected chi connectivity index (χ3v) is 9.66. The van der Waals surface area contributed by atoms with Gasteiger partial charge in [0, 0.05) is 38.9 Å². The van der Waals surface area contributed by atoms with E-state index in [1.54, 1.807) is 0 Å². The first-order valence-corrected chi connectivity index (χ1v) is 15.9. The third-order valence-electron chi connectivity index (χ3n) is 9.66. The summed E-state index contributed by atoms with van der Waals surface area (Å²) in [5, 5.41) is 7.72. The van der Waals surface area contributed by atoms with Crippen molar-refractivity contribution < 1.29 is 0 Å². The van der Waals surface area contributed by atoms with Crippen molar-refractivity contribution in [3.05, 3.63) is 170 Å². The highest BCUT2D eigenvalue weighted by Crippen LogP contribution is 2.53. The van der Waals surface area contributed by atoms with Crippen molar-refractivity contribution in [3.8, 4) is 27.9 Å². The monoisotopic (exact) mass is 584 g/mol. The molecule has 9 aromatic rings. The molecule has 46 heavy (non-hydrogen) atoms. The van der Waals surface area contributed by atoms with Gasteiger partial charge in [0.05, 0.1) is 11.0 Å². The van der Waals surface area contributed by atoms with Crippen LogP contribution < -0.4 is 4.90 Å². The number of rotatable bonds is 4. The lowest BCUT2D eigenvalue weighted by Gasteiger charge is -2.25. The summed E-state index contributed by atoms with van der Waals surface area (Å²) in [7, 11) is 0. The summed E-state index contributed by atoms with van der Waals surface area (Å²) in [6.45, 7) is 0. The Morgan fingerprint density at radius 2 is 1.07 bits per heavy atom. The number of benzene rings is 8. The second-order valence-corrected chi connectivity index (χ2v) is 12.1. The average Bonchev–Trinajstić information content (AvgIpc) is 3.64. The van der Waals surface area contributed by atoms with Crippen LogP contribution >= 0.6 is 0 Å². The molecule has 0 atom stereocenters. The minimum absolute atomic E-state index is 1.13. The minimum Gasteiger partial charge on any atom is -0.310 e. The number of fused-ring (bicyclic) bond motifs is 9. The molecule has 0 fully saturated rings. The van der Waals surface area contributed by atoms with Crippen molar-refractivity contribution >= 4 is 60.4 Å². The highest BCUT2D eigenvalue weighted by atomic mass is 15.1. The molecule has 0 bridgehead atoms. The molecule has 0 aliphatic heterocycles. The van der Waals surface area contributed by atoms with Crippen LogP contribution in [-0.2, 0) is 0 Å². The molecule has 0 unspecified atom stereocenters. The van der Waals surface area contributed by atoms with Gasteiger partial charge in [0.1, 0.15) is 0 Å². The number of nitrogens with zero attached hydrogens (tertiary/aromatic N) is 2. The molecule has 0 saturated heterocycles. The molecule has 0 saturated carbocycles. The van der Waals surface area contributed by atoms with Gasteiger partial charge < -0.3 is 9.47 Å². The van der Waals surface area contributed by atoms with Crippen LogP contribution in [0.2, 0.25) is 0 Å². The standard InChI is InChI=1S/C44H28N2/c1-4-14-30(15-5-1)45(31-16-6-2-7-17-31)33-24-26-41-38(27-33)39-28-40-42-34-20-11-10-13-29(34)23-25-36(42)35-21-12-22-37(43(35)40)44(39)46(41)32-18-8-3-9-19-32/h1-28H. The fourth-order valence-electron chi connectivity index (χ4n) is 7.76. The first kappa shape index (κ1) is 25.2. The highest BCUT2D eigenvalue weighted by Gasteiger charge is 2.27. The molecule has 1 heterocycles. The maximum Gasteiger partial charge on any atom is 0.0620 e. The fraction of sp³-hybridized carbons (Fsp3) is 0. The zero-order valence-corrected chi connectivity index (χ0v) is 25.1. The van der Waals surface area contributed by atoms with Gasteiger partial charge in [-0.15, -0.1) is 0 Å². The molecule has 1 aliphatic rings. The summed E-state index contributed by atoms with van der Waals surface area (Å²) >= 11 is 0. The molecule has 0 spiro atoms. The molecule has 1 aromatic heterocycles. The Morgan fingerprint density at radius 3 is 1.83 bits per heavy atom. The van der Waals surface area contributed by atoms with Crippen molar-refractivity contribution in [2.75, 3.05) is 4.90 Å². The van der Waals surface area contributed by atoms with Crippen LogP contribution in [0.4, 0.5) is 17.1 Å². The van der Waals surface area contributed by atoms with Gasteiger partial charge in [0.15, 0.2) is 0 Å². The van der Waals surface area contributed by atoms with Crippen LogP contribution in [0.25, 0.3) is 71.3 Å². The van der Waals surface area contributed by atoms with Gasteiger partial charge in [-0.1, -0.05) is 109 Å². The van der Waals surface area contributed by atoms with Gasteiger partial charge in [0.25, 0.3) is 0 Å². The summed E-state index contributed by atoms with van der Waals surface area (Å²) < 4.78 is 2.47. The van der Waals surface area contributed by atoms with Gasteiger partial charge in [0.2, 0.25) is 0 Å². The van der Waals surface area contributed by atoms with Gasteiger partial charge >= 0.3 is 0 Å². The molecule has 214 valence electrons. The maximum absolute atomic E-state index is 2.47. The van der Waals surface area contributed by atoms with Crippen molar-refractivity contribution in [1.82, 2.24) is 4.57 Å². The van der Waals surface area contributed by atoms with Gasteiger partial charge in [-0.3, -0.25) is 0 Å². The van der Waals surface area contributed by atoms with Crippen molar-refractivity contribution in [1.29, 1.82) is 0 Å². The lowest BCUT2D eigenvalue weighted by molar-refractivity contribution is 1.18. The first-order chi connectivity index (χ1) is 22.8. The summed E-state index contributed by atoms with van der Waals surface area (Å²) in [6, 6.07) is 61.8. The molecule has 8 aromatic carbocycles. The number of hydrogen-bond acceptors (Lipinski definition) is 1. The van der Waals surface area contributed by atoms with Gasteiger partial charge in [-0.25, -0.2) is 0 Å². The molecule has 0 N–H and O–H groups in total. The Balaban J connectivity index is 1.34. The van der Waals surface area contributed by atoms with E-state index in [1.807, 2.05) is 0 Å². The van der Waals surface area contributed by atoms with E-state index in [-0.39, 0.29) is 0 Å². The number of anilines is 3. The summed E-state index contributed by atoms with van der Waals surface area (Å²) in [5.41, 5.74) is 12.3. The lowest BCUT2D eigenvalue weighted by atomic mass is 9.95. The highest BCUT2D eigenvalue weighted by molar-refractivity contribution is 6.30. The quantitative estimate of drug-likeness (QED) is 0.200. The average molecular weight is 585 g/mol. The van der Waals surface area contributed by atoms with E-state index >= 15 is 0 Å². The van der Waals surface area contributed by atoms with Crippen LogP contribution in [0.5, 0.6) is 0 Å². The molecule has 0 amide bonds. The maximum atomic E-state index is 2.47. The topological polar surface area (TPSA) is 8.17 Å². The van der Waals surface area contributed by atoms with E-state index in [0.29, 0.717) is 0 Å². The van der Waals surface area contributed by atoms with Crippen LogP contribution in [0.3, 0.4) is 0 Å². The normalized spacial score (nSPS) is 11.9. The van der Waals surface area contributed by atoms with Crippen LogP contribution in [0, 0.1) is 0 Å². The zero-order chi connectivity index (χ0) is 30.2.